The van der Waals surface area contributed by atoms with Crippen LogP contribution < -0.4 is 0 Å². The van der Waals surface area contributed by atoms with Crippen molar-refractivity contribution in [3.63, 3.8) is 0 Å². The second-order valence-corrected chi connectivity index (χ2v) is 4.42. The van der Waals surface area contributed by atoms with Crippen LogP contribution in [-0.4, -0.2) is 15.0 Å². The summed E-state index contributed by atoms with van der Waals surface area (Å²) in [6, 6.07) is 17.6. The van der Waals surface area contributed by atoms with Crippen LogP contribution in [0.2, 0.25) is 0 Å². The van der Waals surface area contributed by atoms with Gasteiger partial charge in [0.15, 0.2) is 5.16 Å². The molecule has 2 heterocycles. The lowest BCUT2D eigenvalue weighted by Crippen LogP contribution is -1.93. The Labute approximate surface area is 116 Å². The number of rotatable bonds is 2. The molecule has 4 heteroatoms. The minimum absolute atomic E-state index is 0.446. The standard InChI is InChI=1S/C15H11N3S/c19-15-17-13(11-6-2-1-3-7-11)10-14(18-15)12-8-4-5-9-16-12/h1-10H,(H,17,18,19). The summed E-state index contributed by atoms with van der Waals surface area (Å²) in [6.45, 7) is 0. The van der Waals surface area contributed by atoms with Crippen LogP contribution in [0.15, 0.2) is 66.0 Å². The summed E-state index contributed by atoms with van der Waals surface area (Å²) in [7, 11) is 0. The molecule has 19 heavy (non-hydrogen) atoms. The third-order valence-corrected chi connectivity index (χ3v) is 2.91. The van der Waals surface area contributed by atoms with Crippen molar-refractivity contribution in [3.8, 4) is 22.6 Å². The van der Waals surface area contributed by atoms with Crippen LogP contribution in [0.5, 0.6) is 0 Å². The molecule has 3 aromatic rings. The Morgan fingerprint density at radius 2 is 1.47 bits per heavy atom. The molecule has 0 radical (unpaired) electrons. The second kappa shape index (κ2) is 5.20. The summed E-state index contributed by atoms with van der Waals surface area (Å²) >= 11 is 4.27. The van der Waals surface area contributed by atoms with E-state index in [1.807, 2.05) is 54.6 Å². The van der Waals surface area contributed by atoms with Crippen molar-refractivity contribution in [2.75, 3.05) is 0 Å². The van der Waals surface area contributed by atoms with Gasteiger partial charge in [-0.1, -0.05) is 36.4 Å². The lowest BCUT2D eigenvalue weighted by molar-refractivity contribution is 0.981. The molecule has 0 unspecified atom stereocenters. The molecule has 2 aromatic heterocycles. The average Bonchev–Trinajstić information content (AvgIpc) is 2.48. The molecule has 0 N–H and O–H groups in total. The van der Waals surface area contributed by atoms with E-state index in [0.717, 1.165) is 22.6 Å². The topological polar surface area (TPSA) is 38.7 Å². The molecule has 0 aliphatic rings. The summed E-state index contributed by atoms with van der Waals surface area (Å²) in [5.41, 5.74) is 3.48. The van der Waals surface area contributed by atoms with Crippen molar-refractivity contribution in [2.45, 2.75) is 5.16 Å². The fourth-order valence-corrected chi connectivity index (χ4v) is 2.05. The first-order chi connectivity index (χ1) is 9.33. The van der Waals surface area contributed by atoms with Crippen LogP contribution in [0.3, 0.4) is 0 Å². The van der Waals surface area contributed by atoms with E-state index in [1.165, 1.54) is 0 Å². The predicted molar refractivity (Wildman–Crippen MR) is 78.0 cm³/mol. The fraction of sp³-hybridized carbons (Fsp3) is 0. The number of nitrogens with zero attached hydrogens (tertiary/aromatic N) is 3. The SMILES string of the molecule is Sc1nc(-c2ccccc2)cc(-c2ccccn2)n1. The van der Waals surface area contributed by atoms with E-state index in [-0.39, 0.29) is 0 Å². The van der Waals surface area contributed by atoms with Crippen molar-refractivity contribution in [3.05, 3.63) is 60.8 Å². The first-order valence-electron chi connectivity index (χ1n) is 5.88. The van der Waals surface area contributed by atoms with E-state index in [9.17, 15) is 0 Å². The van der Waals surface area contributed by atoms with Gasteiger partial charge in [-0.25, -0.2) is 9.97 Å². The molecule has 3 rings (SSSR count). The zero-order valence-corrected chi connectivity index (χ0v) is 11.0. The smallest absolute Gasteiger partial charge is 0.185 e. The summed E-state index contributed by atoms with van der Waals surface area (Å²) in [6.07, 6.45) is 1.75. The molecule has 0 amide bonds. The van der Waals surface area contributed by atoms with Crippen LogP contribution in [0.1, 0.15) is 0 Å². The summed E-state index contributed by atoms with van der Waals surface area (Å²) in [5, 5.41) is 0.446. The molecule has 0 aliphatic heterocycles. The molecule has 3 nitrogen and oxygen atoms in total. The van der Waals surface area contributed by atoms with E-state index in [0.29, 0.717) is 5.16 Å². The third kappa shape index (κ3) is 2.63. The lowest BCUT2D eigenvalue weighted by atomic mass is 10.1. The van der Waals surface area contributed by atoms with Gasteiger partial charge in [-0.3, -0.25) is 4.98 Å². The van der Waals surface area contributed by atoms with Crippen molar-refractivity contribution in [1.82, 2.24) is 15.0 Å². The highest BCUT2D eigenvalue weighted by Gasteiger charge is 2.07. The maximum absolute atomic E-state index is 4.35. The monoisotopic (exact) mass is 265 g/mol. The van der Waals surface area contributed by atoms with E-state index < -0.39 is 0 Å². The number of aromatic nitrogens is 3. The normalized spacial score (nSPS) is 10.4. The van der Waals surface area contributed by atoms with Crippen LogP contribution >= 0.6 is 12.6 Å². The predicted octanol–water partition coefficient (Wildman–Crippen LogP) is 3.49. The number of pyridine rings is 1. The van der Waals surface area contributed by atoms with Gasteiger partial charge in [0.25, 0.3) is 0 Å². The van der Waals surface area contributed by atoms with Gasteiger partial charge in [-0.05, 0) is 18.2 Å². The highest BCUT2D eigenvalue weighted by molar-refractivity contribution is 7.80. The Kier molecular flexibility index (Phi) is 3.25. The second-order valence-electron chi connectivity index (χ2n) is 4.02. The molecule has 0 atom stereocenters. The average molecular weight is 265 g/mol. The van der Waals surface area contributed by atoms with Gasteiger partial charge in [-0.15, -0.1) is 12.6 Å². The van der Waals surface area contributed by atoms with Gasteiger partial charge in [-0.2, -0.15) is 0 Å². The Hall–Kier alpha value is -2.20. The van der Waals surface area contributed by atoms with E-state index in [4.69, 9.17) is 0 Å². The molecule has 0 bridgehead atoms. The van der Waals surface area contributed by atoms with Gasteiger partial charge in [0.2, 0.25) is 0 Å². The Bertz CT molecular complexity index is 627. The molecule has 92 valence electrons. The molecule has 0 spiro atoms. The maximum Gasteiger partial charge on any atom is 0.185 e. The minimum atomic E-state index is 0.446. The summed E-state index contributed by atoms with van der Waals surface area (Å²) < 4.78 is 0. The van der Waals surface area contributed by atoms with Crippen LogP contribution in [0, 0.1) is 0 Å². The Morgan fingerprint density at radius 3 is 2.21 bits per heavy atom. The largest absolute Gasteiger partial charge is 0.255 e. The highest BCUT2D eigenvalue weighted by Crippen LogP contribution is 2.23. The first-order valence-corrected chi connectivity index (χ1v) is 6.32. The number of thiol groups is 1. The van der Waals surface area contributed by atoms with Gasteiger partial charge >= 0.3 is 0 Å². The summed E-state index contributed by atoms with van der Waals surface area (Å²) in [5.74, 6) is 0. The Morgan fingerprint density at radius 1 is 0.737 bits per heavy atom. The maximum atomic E-state index is 4.35. The molecular formula is C15H11N3S. The molecule has 0 aliphatic carbocycles. The van der Waals surface area contributed by atoms with Gasteiger partial charge in [0.05, 0.1) is 17.1 Å². The van der Waals surface area contributed by atoms with Crippen LogP contribution in [-0.2, 0) is 0 Å². The van der Waals surface area contributed by atoms with Gasteiger partial charge in [0, 0.05) is 11.8 Å². The number of hydrogen-bond acceptors (Lipinski definition) is 4. The van der Waals surface area contributed by atoms with Gasteiger partial charge in [0.1, 0.15) is 0 Å². The third-order valence-electron chi connectivity index (χ3n) is 2.71. The Balaban J connectivity index is 2.12. The van der Waals surface area contributed by atoms with E-state index in [2.05, 4.69) is 27.6 Å². The molecule has 0 fully saturated rings. The number of hydrogen-bond donors (Lipinski definition) is 1. The van der Waals surface area contributed by atoms with Gasteiger partial charge < -0.3 is 0 Å². The van der Waals surface area contributed by atoms with Crippen LogP contribution in [0.4, 0.5) is 0 Å². The van der Waals surface area contributed by atoms with E-state index >= 15 is 0 Å². The summed E-state index contributed by atoms with van der Waals surface area (Å²) in [4.78, 5) is 13.0. The molecule has 0 saturated heterocycles. The van der Waals surface area contributed by atoms with Crippen molar-refractivity contribution in [2.24, 2.45) is 0 Å². The minimum Gasteiger partial charge on any atom is -0.255 e. The molecule has 1 aromatic carbocycles. The first kappa shape index (κ1) is 11.9. The van der Waals surface area contributed by atoms with Crippen LogP contribution in [0.25, 0.3) is 22.6 Å². The van der Waals surface area contributed by atoms with Crippen molar-refractivity contribution < 1.29 is 0 Å². The fourth-order valence-electron chi connectivity index (χ4n) is 1.84. The zero-order chi connectivity index (χ0) is 13.1. The van der Waals surface area contributed by atoms with E-state index in [1.54, 1.807) is 6.20 Å². The lowest BCUT2D eigenvalue weighted by Gasteiger charge is -2.05. The zero-order valence-electron chi connectivity index (χ0n) is 10.1. The highest BCUT2D eigenvalue weighted by atomic mass is 32.1. The number of benzene rings is 1. The van der Waals surface area contributed by atoms with Crippen molar-refractivity contribution in [1.29, 1.82) is 0 Å². The quantitative estimate of drug-likeness (QED) is 0.569. The molecular weight excluding hydrogens is 254 g/mol. The van der Waals surface area contributed by atoms with Crippen molar-refractivity contribution >= 4 is 12.6 Å². The molecule has 0 saturated carbocycles.